The molecule has 1 N–H and O–H groups in total. The summed E-state index contributed by atoms with van der Waals surface area (Å²) >= 11 is 0. The predicted molar refractivity (Wildman–Crippen MR) is 108 cm³/mol. The van der Waals surface area contributed by atoms with E-state index in [4.69, 9.17) is 10.00 Å². The normalized spacial score (nSPS) is 10.2. The molecule has 0 fully saturated rings. The van der Waals surface area contributed by atoms with Crippen LogP contribution in [0.5, 0.6) is 11.6 Å². The molecule has 0 spiro atoms. The van der Waals surface area contributed by atoms with Gasteiger partial charge in [-0.2, -0.15) is 5.26 Å². The molecule has 5 nitrogen and oxygen atoms in total. The number of nitrogens with zero attached hydrogens (tertiary/aromatic N) is 2. The van der Waals surface area contributed by atoms with Gasteiger partial charge in [-0.1, -0.05) is 18.2 Å². The monoisotopic (exact) mass is 365 g/mol. The number of carbonyl (C=O) groups is 1. The molecule has 0 saturated carbocycles. The van der Waals surface area contributed by atoms with E-state index in [2.05, 4.69) is 16.4 Å². The highest BCUT2D eigenvalue weighted by Crippen LogP contribution is 2.31. The van der Waals surface area contributed by atoms with Gasteiger partial charge >= 0.3 is 0 Å². The SMILES string of the molecule is N#Cc1ccc(Nc2cc(Oc3ccc(C=O)cc3)nc3ccccc23)cc1. The molecule has 0 bridgehead atoms. The zero-order chi connectivity index (χ0) is 19.3. The van der Waals surface area contributed by atoms with Gasteiger partial charge in [-0.15, -0.1) is 0 Å². The van der Waals surface area contributed by atoms with Crippen LogP contribution in [0.25, 0.3) is 10.9 Å². The first-order valence-electron chi connectivity index (χ1n) is 8.65. The Kier molecular flexibility index (Phi) is 4.68. The minimum absolute atomic E-state index is 0.439. The molecular weight excluding hydrogens is 350 g/mol. The number of pyridine rings is 1. The number of hydrogen-bond acceptors (Lipinski definition) is 5. The van der Waals surface area contributed by atoms with Crippen LogP contribution in [-0.2, 0) is 0 Å². The Morgan fingerprint density at radius 2 is 1.71 bits per heavy atom. The van der Waals surface area contributed by atoms with Crippen molar-refractivity contribution >= 4 is 28.6 Å². The van der Waals surface area contributed by atoms with Gasteiger partial charge in [0.25, 0.3) is 0 Å². The Labute approximate surface area is 161 Å². The maximum Gasteiger partial charge on any atom is 0.221 e. The van der Waals surface area contributed by atoms with Crippen molar-refractivity contribution < 1.29 is 9.53 Å². The Bertz CT molecular complexity index is 1180. The van der Waals surface area contributed by atoms with Crippen LogP contribution in [-0.4, -0.2) is 11.3 Å². The summed E-state index contributed by atoms with van der Waals surface area (Å²) in [5.41, 5.74) is 3.68. The van der Waals surface area contributed by atoms with Crippen molar-refractivity contribution in [1.82, 2.24) is 4.98 Å². The van der Waals surface area contributed by atoms with Crippen molar-refractivity contribution in [1.29, 1.82) is 5.26 Å². The molecule has 3 aromatic carbocycles. The number of hydrogen-bond donors (Lipinski definition) is 1. The van der Waals surface area contributed by atoms with Crippen molar-refractivity contribution in [3.63, 3.8) is 0 Å². The Morgan fingerprint density at radius 3 is 2.43 bits per heavy atom. The lowest BCUT2D eigenvalue weighted by atomic mass is 10.1. The lowest BCUT2D eigenvalue weighted by Crippen LogP contribution is -1.96. The van der Waals surface area contributed by atoms with Gasteiger partial charge in [0.15, 0.2) is 0 Å². The second-order valence-corrected chi connectivity index (χ2v) is 6.13. The Balaban J connectivity index is 1.69. The van der Waals surface area contributed by atoms with E-state index < -0.39 is 0 Å². The summed E-state index contributed by atoms with van der Waals surface area (Å²) in [7, 11) is 0. The minimum Gasteiger partial charge on any atom is -0.439 e. The highest BCUT2D eigenvalue weighted by molar-refractivity contribution is 5.93. The highest BCUT2D eigenvalue weighted by Gasteiger charge is 2.08. The molecule has 0 aliphatic carbocycles. The Morgan fingerprint density at radius 1 is 0.964 bits per heavy atom. The first kappa shape index (κ1) is 17.3. The van der Waals surface area contributed by atoms with Crippen molar-refractivity contribution in [2.45, 2.75) is 0 Å². The third kappa shape index (κ3) is 3.67. The summed E-state index contributed by atoms with van der Waals surface area (Å²) in [4.78, 5) is 15.4. The van der Waals surface area contributed by atoms with E-state index in [1.165, 1.54) is 0 Å². The first-order valence-corrected chi connectivity index (χ1v) is 8.65. The zero-order valence-electron chi connectivity index (χ0n) is 14.8. The fraction of sp³-hybridized carbons (Fsp3) is 0. The van der Waals surface area contributed by atoms with Gasteiger partial charge in [0.1, 0.15) is 12.0 Å². The third-order valence-electron chi connectivity index (χ3n) is 4.22. The number of aromatic nitrogens is 1. The lowest BCUT2D eigenvalue weighted by Gasteiger charge is -2.13. The number of para-hydroxylation sites is 1. The standard InChI is InChI=1S/C23H15N3O2/c24-14-16-5-9-18(10-6-16)25-22-13-23(26-21-4-2-1-3-20(21)22)28-19-11-7-17(15-27)8-12-19/h1-13,15H,(H,25,26). The second-order valence-electron chi connectivity index (χ2n) is 6.13. The number of nitrogens with one attached hydrogen (secondary N) is 1. The van der Waals surface area contributed by atoms with Crippen molar-refractivity contribution in [3.05, 3.63) is 90.0 Å². The molecular formula is C23H15N3O2. The smallest absolute Gasteiger partial charge is 0.221 e. The number of rotatable bonds is 5. The van der Waals surface area contributed by atoms with Gasteiger partial charge in [-0.05, 0) is 54.6 Å². The molecule has 4 aromatic rings. The summed E-state index contributed by atoms with van der Waals surface area (Å²) in [6.07, 6.45) is 0.789. The maximum atomic E-state index is 10.8. The molecule has 0 aliphatic rings. The topological polar surface area (TPSA) is 75.0 Å². The molecule has 1 heterocycles. The molecule has 4 rings (SSSR count). The Hall–Kier alpha value is -4.17. The van der Waals surface area contributed by atoms with Crippen LogP contribution in [0.3, 0.4) is 0 Å². The highest BCUT2D eigenvalue weighted by atomic mass is 16.5. The molecule has 0 aliphatic heterocycles. The van der Waals surface area contributed by atoms with Crippen LogP contribution in [0.2, 0.25) is 0 Å². The van der Waals surface area contributed by atoms with Gasteiger partial charge in [0.05, 0.1) is 22.8 Å². The largest absolute Gasteiger partial charge is 0.439 e. The fourth-order valence-corrected chi connectivity index (χ4v) is 2.83. The number of aldehydes is 1. The average molecular weight is 365 g/mol. The van der Waals surface area contributed by atoms with Crippen LogP contribution in [0.15, 0.2) is 78.9 Å². The van der Waals surface area contributed by atoms with E-state index in [0.717, 1.165) is 28.6 Å². The van der Waals surface area contributed by atoms with Crippen LogP contribution in [0.4, 0.5) is 11.4 Å². The summed E-state index contributed by atoms with van der Waals surface area (Å²) in [5.74, 6) is 1.03. The molecule has 0 amide bonds. The van der Waals surface area contributed by atoms with E-state index in [9.17, 15) is 4.79 Å². The predicted octanol–water partition coefficient (Wildman–Crippen LogP) is 5.45. The van der Waals surface area contributed by atoms with Crippen LogP contribution in [0, 0.1) is 11.3 Å². The van der Waals surface area contributed by atoms with E-state index in [1.807, 2.05) is 42.5 Å². The molecule has 5 heteroatoms. The van der Waals surface area contributed by atoms with Crippen LogP contribution in [0.1, 0.15) is 15.9 Å². The lowest BCUT2D eigenvalue weighted by molar-refractivity contribution is 0.112. The fourth-order valence-electron chi connectivity index (χ4n) is 2.83. The number of nitriles is 1. The number of carbonyl (C=O) groups excluding carboxylic acids is 1. The van der Waals surface area contributed by atoms with Gasteiger partial charge in [-0.3, -0.25) is 4.79 Å². The van der Waals surface area contributed by atoms with Crippen molar-refractivity contribution in [2.75, 3.05) is 5.32 Å². The third-order valence-corrected chi connectivity index (χ3v) is 4.22. The summed E-state index contributed by atoms with van der Waals surface area (Å²) < 4.78 is 5.89. The van der Waals surface area contributed by atoms with E-state index in [1.54, 1.807) is 36.4 Å². The average Bonchev–Trinajstić information content (AvgIpc) is 2.75. The van der Waals surface area contributed by atoms with Gasteiger partial charge in [0, 0.05) is 22.7 Å². The minimum atomic E-state index is 0.439. The number of fused-ring (bicyclic) bond motifs is 1. The summed E-state index contributed by atoms with van der Waals surface area (Å²) in [5, 5.41) is 13.3. The van der Waals surface area contributed by atoms with Crippen LogP contribution < -0.4 is 10.1 Å². The zero-order valence-corrected chi connectivity index (χ0v) is 14.8. The number of benzene rings is 3. The molecule has 1 aromatic heterocycles. The summed E-state index contributed by atoms with van der Waals surface area (Å²) in [6.45, 7) is 0. The number of ether oxygens (including phenoxy) is 1. The molecule has 0 atom stereocenters. The van der Waals surface area contributed by atoms with Gasteiger partial charge < -0.3 is 10.1 Å². The van der Waals surface area contributed by atoms with E-state index in [0.29, 0.717) is 22.8 Å². The summed E-state index contributed by atoms with van der Waals surface area (Å²) in [6, 6.07) is 25.8. The first-order chi connectivity index (χ1) is 13.7. The van der Waals surface area contributed by atoms with Crippen molar-refractivity contribution in [3.8, 4) is 17.7 Å². The van der Waals surface area contributed by atoms with Crippen molar-refractivity contribution in [2.24, 2.45) is 0 Å². The second kappa shape index (κ2) is 7.60. The van der Waals surface area contributed by atoms with Gasteiger partial charge in [0.2, 0.25) is 5.88 Å². The van der Waals surface area contributed by atoms with E-state index >= 15 is 0 Å². The van der Waals surface area contributed by atoms with Gasteiger partial charge in [-0.25, -0.2) is 4.98 Å². The van der Waals surface area contributed by atoms with E-state index in [-0.39, 0.29) is 0 Å². The number of anilines is 2. The molecule has 0 saturated heterocycles. The molecule has 28 heavy (non-hydrogen) atoms. The quantitative estimate of drug-likeness (QED) is 0.476. The molecule has 134 valence electrons. The molecule has 0 radical (unpaired) electrons. The van der Waals surface area contributed by atoms with Crippen LogP contribution >= 0.6 is 0 Å². The molecule has 0 unspecified atom stereocenters. The maximum absolute atomic E-state index is 10.8.